The van der Waals surface area contributed by atoms with Crippen molar-refractivity contribution in [3.63, 3.8) is 0 Å². The average molecular weight is 418 g/mol. The number of carbonyl (C=O) groups excluding carboxylic acids is 1. The van der Waals surface area contributed by atoms with Gasteiger partial charge in [-0.15, -0.1) is 5.10 Å². The summed E-state index contributed by atoms with van der Waals surface area (Å²) in [5.41, 5.74) is 1.85. The van der Waals surface area contributed by atoms with Crippen molar-refractivity contribution in [3.05, 3.63) is 65.2 Å². The van der Waals surface area contributed by atoms with E-state index in [1.807, 2.05) is 42.5 Å². The highest BCUT2D eigenvalue weighted by Gasteiger charge is 2.17. The third kappa shape index (κ3) is 5.54. The number of hydrogen-bond donors (Lipinski definition) is 0. The highest BCUT2D eigenvalue weighted by molar-refractivity contribution is 7.99. The van der Waals surface area contributed by atoms with E-state index in [1.54, 1.807) is 28.8 Å². The second-order valence-electron chi connectivity index (χ2n) is 5.93. The summed E-state index contributed by atoms with van der Waals surface area (Å²) in [5, 5.41) is 12.9. The smallest absolute Gasteiger partial charge is 0.233 e. The molecule has 0 N–H and O–H groups in total. The highest BCUT2D eigenvalue weighted by atomic mass is 35.5. The number of thioether (sulfide) groups is 1. The van der Waals surface area contributed by atoms with E-state index in [0.717, 1.165) is 11.3 Å². The minimum atomic E-state index is -0.00319. The highest BCUT2D eigenvalue weighted by Crippen LogP contribution is 2.20. The Hall–Kier alpha value is -2.42. The molecule has 2 aromatic carbocycles. The number of rotatable bonds is 9. The number of tetrazole rings is 1. The summed E-state index contributed by atoms with van der Waals surface area (Å²) in [6.07, 6.45) is 0. The third-order valence-corrected chi connectivity index (χ3v) is 5.13. The predicted octanol–water partition coefficient (Wildman–Crippen LogP) is 3.08. The van der Waals surface area contributed by atoms with E-state index < -0.39 is 0 Å². The fourth-order valence-corrected chi connectivity index (χ4v) is 3.45. The number of hydrogen-bond acceptors (Lipinski definition) is 6. The van der Waals surface area contributed by atoms with Gasteiger partial charge in [-0.2, -0.15) is 4.68 Å². The van der Waals surface area contributed by atoms with Gasteiger partial charge in [-0.1, -0.05) is 53.7 Å². The molecule has 1 aromatic heterocycles. The molecular formula is C19H20ClN5O2S. The molecule has 0 atom stereocenters. The second kappa shape index (κ2) is 10.2. The van der Waals surface area contributed by atoms with Crippen LogP contribution in [0.2, 0.25) is 5.02 Å². The minimum Gasteiger partial charge on any atom is -0.383 e. The standard InChI is InChI=1S/C19H20ClN5O2S/c1-27-12-11-24(13-15-5-3-2-4-6-15)18(26)14-28-19-21-22-23-25(19)17-9-7-16(20)8-10-17/h2-10H,11-14H2,1H3. The number of ether oxygens (including phenoxy) is 1. The van der Waals surface area contributed by atoms with E-state index >= 15 is 0 Å². The first-order valence-corrected chi connectivity index (χ1v) is 10.0. The van der Waals surface area contributed by atoms with E-state index in [4.69, 9.17) is 16.3 Å². The van der Waals surface area contributed by atoms with Gasteiger partial charge in [0.25, 0.3) is 0 Å². The topological polar surface area (TPSA) is 73.1 Å². The summed E-state index contributed by atoms with van der Waals surface area (Å²) in [7, 11) is 1.63. The van der Waals surface area contributed by atoms with Crippen LogP contribution in [0, 0.1) is 0 Å². The zero-order chi connectivity index (χ0) is 19.8. The lowest BCUT2D eigenvalue weighted by Gasteiger charge is -2.22. The van der Waals surface area contributed by atoms with Crippen molar-refractivity contribution in [2.24, 2.45) is 0 Å². The normalized spacial score (nSPS) is 10.8. The number of benzene rings is 2. The Bertz CT molecular complexity index is 889. The van der Waals surface area contributed by atoms with Gasteiger partial charge in [-0.25, -0.2) is 0 Å². The first-order valence-electron chi connectivity index (χ1n) is 8.65. The molecule has 28 heavy (non-hydrogen) atoms. The summed E-state index contributed by atoms with van der Waals surface area (Å²) in [6.45, 7) is 1.53. The van der Waals surface area contributed by atoms with Gasteiger partial charge >= 0.3 is 0 Å². The molecule has 146 valence electrons. The Kier molecular flexibility index (Phi) is 7.41. The molecule has 0 fully saturated rings. The molecule has 0 aliphatic rings. The van der Waals surface area contributed by atoms with Crippen LogP contribution in [-0.2, 0) is 16.1 Å². The van der Waals surface area contributed by atoms with Crippen LogP contribution in [0.1, 0.15) is 5.56 Å². The molecule has 3 aromatic rings. The molecule has 0 saturated carbocycles. The lowest BCUT2D eigenvalue weighted by atomic mass is 10.2. The van der Waals surface area contributed by atoms with Crippen molar-refractivity contribution in [1.82, 2.24) is 25.1 Å². The number of carbonyl (C=O) groups is 1. The minimum absolute atomic E-state index is 0.00319. The quantitative estimate of drug-likeness (QED) is 0.498. The molecule has 0 aliphatic carbocycles. The van der Waals surface area contributed by atoms with Crippen molar-refractivity contribution < 1.29 is 9.53 Å². The number of nitrogens with zero attached hydrogens (tertiary/aromatic N) is 5. The zero-order valence-electron chi connectivity index (χ0n) is 15.4. The fraction of sp³-hybridized carbons (Fsp3) is 0.263. The molecule has 3 rings (SSSR count). The predicted molar refractivity (Wildman–Crippen MR) is 109 cm³/mol. The maximum absolute atomic E-state index is 12.8. The first kappa shape index (κ1) is 20.3. The van der Waals surface area contributed by atoms with Gasteiger partial charge in [0.05, 0.1) is 18.0 Å². The molecule has 0 bridgehead atoms. The van der Waals surface area contributed by atoms with Crippen molar-refractivity contribution in [2.45, 2.75) is 11.7 Å². The Labute approximate surface area is 172 Å². The Morgan fingerprint density at radius 2 is 1.93 bits per heavy atom. The summed E-state index contributed by atoms with van der Waals surface area (Å²) in [4.78, 5) is 14.6. The summed E-state index contributed by atoms with van der Waals surface area (Å²) >= 11 is 7.23. The molecule has 7 nitrogen and oxygen atoms in total. The number of halogens is 1. The number of amides is 1. The van der Waals surface area contributed by atoms with Gasteiger partial charge in [-0.05, 0) is 40.3 Å². The van der Waals surface area contributed by atoms with Gasteiger partial charge in [-0.3, -0.25) is 4.79 Å². The maximum atomic E-state index is 12.8. The average Bonchev–Trinajstić information content (AvgIpc) is 3.19. The molecule has 1 amide bonds. The Morgan fingerprint density at radius 1 is 1.18 bits per heavy atom. The first-order chi connectivity index (χ1) is 13.7. The molecular weight excluding hydrogens is 398 g/mol. The molecule has 0 aliphatic heterocycles. The van der Waals surface area contributed by atoms with Crippen LogP contribution in [0.4, 0.5) is 0 Å². The van der Waals surface area contributed by atoms with Crippen LogP contribution >= 0.6 is 23.4 Å². The monoisotopic (exact) mass is 417 g/mol. The summed E-state index contributed by atoms with van der Waals surface area (Å²) < 4.78 is 6.74. The van der Waals surface area contributed by atoms with E-state index in [0.29, 0.717) is 29.9 Å². The Morgan fingerprint density at radius 3 is 2.64 bits per heavy atom. The molecule has 0 saturated heterocycles. The van der Waals surface area contributed by atoms with Gasteiger partial charge < -0.3 is 9.64 Å². The van der Waals surface area contributed by atoms with E-state index in [2.05, 4.69) is 15.5 Å². The number of methoxy groups -OCH3 is 1. The van der Waals surface area contributed by atoms with Crippen LogP contribution in [-0.4, -0.2) is 57.0 Å². The van der Waals surface area contributed by atoms with Gasteiger partial charge in [0, 0.05) is 25.2 Å². The maximum Gasteiger partial charge on any atom is 0.233 e. The van der Waals surface area contributed by atoms with Gasteiger partial charge in [0.1, 0.15) is 0 Å². The largest absolute Gasteiger partial charge is 0.383 e. The second-order valence-corrected chi connectivity index (χ2v) is 7.31. The van der Waals surface area contributed by atoms with Gasteiger partial charge in [0.15, 0.2) is 0 Å². The zero-order valence-corrected chi connectivity index (χ0v) is 16.9. The lowest BCUT2D eigenvalue weighted by molar-refractivity contribution is -0.129. The fourth-order valence-electron chi connectivity index (χ4n) is 2.53. The van der Waals surface area contributed by atoms with Crippen LogP contribution in [0.15, 0.2) is 59.8 Å². The van der Waals surface area contributed by atoms with Gasteiger partial charge in [0.2, 0.25) is 11.1 Å². The van der Waals surface area contributed by atoms with Crippen LogP contribution in [0.25, 0.3) is 5.69 Å². The van der Waals surface area contributed by atoms with Crippen molar-refractivity contribution in [2.75, 3.05) is 26.0 Å². The molecule has 9 heteroatoms. The summed E-state index contributed by atoms with van der Waals surface area (Å²) in [6, 6.07) is 17.1. The van der Waals surface area contributed by atoms with E-state index in [9.17, 15) is 4.79 Å². The van der Waals surface area contributed by atoms with Crippen LogP contribution < -0.4 is 0 Å². The third-order valence-electron chi connectivity index (χ3n) is 3.97. The van der Waals surface area contributed by atoms with Crippen molar-refractivity contribution in [1.29, 1.82) is 0 Å². The van der Waals surface area contributed by atoms with E-state index in [1.165, 1.54) is 11.8 Å². The van der Waals surface area contributed by atoms with Crippen LogP contribution in [0.5, 0.6) is 0 Å². The Balaban J connectivity index is 1.66. The van der Waals surface area contributed by atoms with Crippen molar-refractivity contribution >= 4 is 29.3 Å². The molecule has 0 radical (unpaired) electrons. The molecule has 1 heterocycles. The van der Waals surface area contributed by atoms with Crippen LogP contribution in [0.3, 0.4) is 0 Å². The number of aromatic nitrogens is 4. The van der Waals surface area contributed by atoms with Crippen molar-refractivity contribution in [3.8, 4) is 5.69 Å². The summed E-state index contributed by atoms with van der Waals surface area (Å²) in [5.74, 6) is 0.224. The SMILES string of the molecule is COCCN(Cc1ccccc1)C(=O)CSc1nnnn1-c1ccc(Cl)cc1. The molecule has 0 unspecified atom stereocenters. The van der Waals surface area contributed by atoms with E-state index in [-0.39, 0.29) is 11.7 Å². The lowest BCUT2D eigenvalue weighted by Crippen LogP contribution is -2.34. The molecule has 0 spiro atoms.